The maximum Gasteiger partial charge on any atom is 0.346 e. The monoisotopic (exact) mass is 823 g/mol. The van der Waals surface area contributed by atoms with Crippen molar-refractivity contribution in [3.8, 4) is 17.6 Å². The molecule has 1 saturated carbocycles. The summed E-state index contributed by atoms with van der Waals surface area (Å²) in [5.74, 6) is -1.05. The molecular formula is C41H44Cl2FN5O6S. The summed E-state index contributed by atoms with van der Waals surface area (Å²) in [7, 11) is 3.28. The molecule has 1 heterocycles. The van der Waals surface area contributed by atoms with E-state index in [4.69, 9.17) is 37.4 Å². The topological polar surface area (TPSA) is 137 Å². The highest BCUT2D eigenvalue weighted by atomic mass is 35.5. The fraction of sp³-hybridized carbons (Fsp3) is 0.366. The summed E-state index contributed by atoms with van der Waals surface area (Å²) in [6.07, 6.45) is 0.621. The number of benzene rings is 3. The van der Waals surface area contributed by atoms with Crippen LogP contribution < -0.4 is 4.74 Å². The number of hydrogen-bond acceptors (Lipinski definition) is 10. The summed E-state index contributed by atoms with van der Waals surface area (Å²) in [5.41, 5.74) is 0.432. The Labute approximate surface area is 340 Å². The molecule has 1 fully saturated rings. The van der Waals surface area contributed by atoms with Crippen molar-refractivity contribution in [3.63, 3.8) is 0 Å². The zero-order chi connectivity index (χ0) is 41.4. The lowest BCUT2D eigenvalue weighted by Crippen LogP contribution is -2.29. The lowest BCUT2D eigenvalue weighted by molar-refractivity contribution is -0.149. The summed E-state index contributed by atoms with van der Waals surface area (Å²) >= 11 is 13.6. The predicted octanol–water partition coefficient (Wildman–Crippen LogP) is 9.69. The normalized spacial score (nSPS) is 16.4. The first-order chi connectivity index (χ1) is 26.4. The second-order valence-electron chi connectivity index (χ2n) is 14.5. The van der Waals surface area contributed by atoms with Gasteiger partial charge in [-0.1, -0.05) is 112 Å². The van der Waals surface area contributed by atoms with Crippen LogP contribution in [-0.4, -0.2) is 64.1 Å². The Kier molecular flexibility index (Phi) is 14.7. The van der Waals surface area contributed by atoms with E-state index < -0.39 is 29.2 Å². The minimum absolute atomic E-state index is 0.0627. The van der Waals surface area contributed by atoms with Gasteiger partial charge in [0.25, 0.3) is 0 Å². The number of ether oxygens (including phenoxy) is 3. The number of hydrogen-bond donors (Lipinski definition) is 0. The molecule has 0 radical (unpaired) electrons. The number of esters is 2. The number of aromatic nitrogens is 3. The van der Waals surface area contributed by atoms with Crippen LogP contribution >= 0.6 is 35.0 Å². The average molecular weight is 825 g/mol. The van der Waals surface area contributed by atoms with Crippen molar-refractivity contribution in [3.05, 3.63) is 107 Å². The molecule has 1 aromatic heterocycles. The molecule has 15 heteroatoms. The first-order valence-corrected chi connectivity index (χ1v) is 19.3. The van der Waals surface area contributed by atoms with Crippen LogP contribution in [0.4, 0.5) is 9.18 Å². The smallest absolute Gasteiger partial charge is 0.346 e. The second kappa shape index (κ2) is 18.8. The first kappa shape index (κ1) is 43.8. The van der Waals surface area contributed by atoms with Crippen LogP contribution in [0.15, 0.2) is 84.0 Å². The van der Waals surface area contributed by atoms with Gasteiger partial charge >= 0.3 is 18.0 Å². The Bertz CT molecular complexity index is 2100. The third-order valence-electron chi connectivity index (χ3n) is 8.63. The molecule has 11 nitrogen and oxygen atoms in total. The number of carbonyl (C=O) groups is 3. The second-order valence-corrected chi connectivity index (χ2v) is 16.3. The molecule has 5 rings (SSSR count). The first-order valence-electron chi connectivity index (χ1n) is 17.6. The van der Waals surface area contributed by atoms with E-state index in [9.17, 15) is 24.0 Å². The third kappa shape index (κ3) is 11.3. The van der Waals surface area contributed by atoms with E-state index in [0.717, 1.165) is 17.3 Å². The summed E-state index contributed by atoms with van der Waals surface area (Å²) in [4.78, 5) is 42.4. The predicted molar refractivity (Wildman–Crippen MR) is 214 cm³/mol. The molecule has 0 N–H and O–H groups in total. The molecule has 3 atom stereocenters. The van der Waals surface area contributed by atoms with Gasteiger partial charge in [0.2, 0.25) is 6.10 Å². The van der Waals surface area contributed by atoms with Gasteiger partial charge in [0.05, 0.1) is 18.3 Å². The molecule has 0 bridgehead atoms. The van der Waals surface area contributed by atoms with Gasteiger partial charge in [-0.05, 0) is 60.2 Å². The number of carbonyl (C=O) groups excluding carboxylic acids is 3. The number of nitrogens with zero attached hydrogens (tertiary/aromatic N) is 5. The van der Waals surface area contributed by atoms with Crippen molar-refractivity contribution < 1.29 is 33.0 Å². The molecule has 56 heavy (non-hydrogen) atoms. The molecule has 3 aromatic carbocycles. The van der Waals surface area contributed by atoms with E-state index in [1.165, 1.54) is 27.8 Å². The SMILES string of the molecule is CC1(C)C(/C=C(\Cl)c2ccc(Cl)cc2)C1C(=O)OC(C#N)c1ccc(F)c(Oc2ccccc2)c1.CCOC(=O)CSc1nc(C(C)(C)C)nn1C(=O)N(C)C. The Morgan fingerprint density at radius 2 is 1.75 bits per heavy atom. The van der Waals surface area contributed by atoms with Crippen molar-refractivity contribution in [1.82, 2.24) is 19.7 Å². The number of rotatable bonds is 11. The fourth-order valence-electron chi connectivity index (χ4n) is 5.39. The third-order valence-corrected chi connectivity index (χ3v) is 10.1. The van der Waals surface area contributed by atoms with Crippen LogP contribution in [0.25, 0.3) is 5.03 Å². The Morgan fingerprint density at radius 1 is 1.09 bits per heavy atom. The van der Waals surface area contributed by atoms with E-state index >= 15 is 0 Å². The molecule has 0 spiro atoms. The quantitative estimate of drug-likeness (QED) is 0.106. The minimum Gasteiger partial charge on any atom is -0.465 e. The summed E-state index contributed by atoms with van der Waals surface area (Å²) in [5, 5.41) is 15.5. The van der Waals surface area contributed by atoms with E-state index in [2.05, 4.69) is 10.1 Å². The molecule has 0 saturated heterocycles. The molecule has 3 unspecified atom stereocenters. The minimum atomic E-state index is -1.21. The zero-order valence-electron chi connectivity index (χ0n) is 32.4. The van der Waals surface area contributed by atoms with Crippen LogP contribution in [0.1, 0.15) is 64.6 Å². The number of allylic oxidation sites excluding steroid dienone is 1. The van der Waals surface area contributed by atoms with Crippen molar-refractivity contribution in [2.45, 2.75) is 58.2 Å². The van der Waals surface area contributed by atoms with Gasteiger partial charge in [0.1, 0.15) is 11.8 Å². The standard InChI is InChI=1S/C28H22Cl2FNO3.C13H22N4O3S/c1-28(2)21(15-22(30)17-8-11-19(29)12-9-17)26(28)27(33)35-25(16-32)18-10-13-23(31)24(14-18)34-20-6-4-3-5-7-20;1-7-20-9(18)8-21-11-14-10(13(2,3)4)15-17(11)12(19)16(5)6/h3-15,21,25-26H,1-2H3;7-8H2,1-6H3/b22-15-;. The lowest BCUT2D eigenvalue weighted by atomic mass is 9.96. The van der Waals surface area contributed by atoms with Gasteiger partial charge in [0.15, 0.2) is 22.5 Å². The van der Waals surface area contributed by atoms with Crippen molar-refractivity contribution in [2.24, 2.45) is 17.3 Å². The number of thioether (sulfide) groups is 1. The van der Waals surface area contributed by atoms with Gasteiger partial charge in [-0.15, -0.1) is 5.10 Å². The maximum atomic E-state index is 14.3. The van der Waals surface area contributed by atoms with Crippen LogP contribution in [-0.2, 0) is 24.5 Å². The lowest BCUT2D eigenvalue weighted by Gasteiger charge is -2.14. The highest BCUT2D eigenvalue weighted by Crippen LogP contribution is 2.60. The number of halogens is 3. The van der Waals surface area contributed by atoms with Crippen molar-refractivity contribution >= 4 is 58.0 Å². The molecule has 4 aromatic rings. The summed E-state index contributed by atoms with van der Waals surface area (Å²) in [6.45, 7) is 11.9. The van der Waals surface area contributed by atoms with Crippen LogP contribution in [0.2, 0.25) is 5.02 Å². The zero-order valence-corrected chi connectivity index (χ0v) is 34.7. The van der Waals surface area contributed by atoms with Crippen LogP contribution in [0.3, 0.4) is 0 Å². The number of para-hydroxylation sites is 1. The van der Waals surface area contributed by atoms with Gasteiger partial charge < -0.3 is 19.1 Å². The molecule has 1 amide bonds. The van der Waals surface area contributed by atoms with E-state index in [-0.39, 0.29) is 34.8 Å². The van der Waals surface area contributed by atoms with Crippen molar-refractivity contribution in [1.29, 1.82) is 5.26 Å². The van der Waals surface area contributed by atoms with Gasteiger partial charge in [-0.25, -0.2) is 14.2 Å². The number of amides is 1. The number of nitriles is 1. The summed E-state index contributed by atoms with van der Waals surface area (Å²) < 4.78 is 31.6. The molecule has 1 aliphatic rings. The van der Waals surface area contributed by atoms with E-state index in [1.807, 2.05) is 52.8 Å². The average Bonchev–Trinajstić information content (AvgIpc) is 3.44. The van der Waals surface area contributed by atoms with Gasteiger partial charge in [0, 0.05) is 35.1 Å². The molecule has 1 aliphatic carbocycles. The summed E-state index contributed by atoms with van der Waals surface area (Å²) in [6, 6.07) is 21.4. The van der Waals surface area contributed by atoms with Gasteiger partial charge in [-0.2, -0.15) is 9.94 Å². The van der Waals surface area contributed by atoms with E-state index in [1.54, 1.807) is 69.6 Å². The fourth-order valence-corrected chi connectivity index (χ4v) is 6.50. The highest BCUT2D eigenvalue weighted by Gasteiger charge is 2.62. The van der Waals surface area contributed by atoms with Crippen molar-refractivity contribution in [2.75, 3.05) is 26.5 Å². The Hall–Kier alpha value is -4.90. The highest BCUT2D eigenvalue weighted by molar-refractivity contribution is 7.99. The Morgan fingerprint density at radius 3 is 2.34 bits per heavy atom. The Balaban J connectivity index is 0.000000284. The molecule has 0 aliphatic heterocycles. The maximum absolute atomic E-state index is 14.3. The van der Waals surface area contributed by atoms with Crippen LogP contribution in [0.5, 0.6) is 11.5 Å². The molecule has 296 valence electrons. The van der Waals surface area contributed by atoms with E-state index in [0.29, 0.717) is 39.0 Å². The largest absolute Gasteiger partial charge is 0.465 e. The molecular weight excluding hydrogens is 780 g/mol. The van der Waals surface area contributed by atoms with Crippen LogP contribution in [0, 0.1) is 34.4 Å². The van der Waals surface area contributed by atoms with Gasteiger partial charge in [-0.3, -0.25) is 9.59 Å².